The molecule has 0 atom stereocenters. The van der Waals surface area contributed by atoms with Gasteiger partial charge in [0, 0.05) is 12.2 Å². The number of carbonyl (C=O) groups excluding carboxylic acids is 1. The highest BCUT2D eigenvalue weighted by atomic mass is 32.2. The molecule has 0 aliphatic heterocycles. The molecule has 4 nitrogen and oxygen atoms in total. The summed E-state index contributed by atoms with van der Waals surface area (Å²) >= 11 is 1.26. The Morgan fingerprint density at radius 3 is 2.00 bits per heavy atom. The largest absolute Gasteiger partial charge is 0.481 e. The number of carboxylic acid groups (broad SMARTS) is 1. The summed E-state index contributed by atoms with van der Waals surface area (Å²) in [5.41, 5.74) is 0. The second-order valence-electron chi connectivity index (χ2n) is 4.50. The molecule has 0 aliphatic rings. The van der Waals surface area contributed by atoms with E-state index in [0.717, 1.165) is 37.9 Å². The number of aliphatic carboxylic acids is 1. The van der Waals surface area contributed by atoms with E-state index in [1.807, 2.05) is 6.92 Å². The number of carboxylic acids is 1. The zero-order chi connectivity index (χ0) is 14.3. The first-order valence-corrected chi connectivity index (χ1v) is 8.16. The molecule has 0 unspecified atom stereocenters. The van der Waals surface area contributed by atoms with Gasteiger partial charge in [-0.2, -0.15) is 0 Å². The number of unbranched alkanes of at least 4 members (excludes halogenated alkanes) is 7. The number of ether oxygens (including phenoxy) is 1. The van der Waals surface area contributed by atoms with E-state index in [4.69, 9.17) is 9.84 Å². The van der Waals surface area contributed by atoms with E-state index in [1.165, 1.54) is 31.0 Å². The van der Waals surface area contributed by atoms with Crippen molar-refractivity contribution in [1.82, 2.24) is 0 Å². The molecule has 5 heteroatoms. The summed E-state index contributed by atoms with van der Waals surface area (Å²) in [6.07, 6.45) is 9.04. The predicted molar refractivity (Wildman–Crippen MR) is 78.7 cm³/mol. The minimum absolute atomic E-state index is 0.166. The summed E-state index contributed by atoms with van der Waals surface area (Å²) in [5.74, 6) is 0.149. The van der Waals surface area contributed by atoms with Crippen molar-refractivity contribution in [3.63, 3.8) is 0 Å². The molecule has 0 aliphatic carbocycles. The molecule has 0 amide bonds. The van der Waals surface area contributed by atoms with Gasteiger partial charge in [-0.25, -0.2) is 4.79 Å². The molecule has 0 spiro atoms. The zero-order valence-electron chi connectivity index (χ0n) is 11.9. The molecule has 0 aromatic rings. The Hall–Kier alpha value is -0.710. The molecule has 0 aromatic heterocycles. The van der Waals surface area contributed by atoms with Gasteiger partial charge in [0.05, 0.1) is 6.61 Å². The summed E-state index contributed by atoms with van der Waals surface area (Å²) in [4.78, 5) is 21.3. The van der Waals surface area contributed by atoms with Gasteiger partial charge in [0.1, 0.15) is 0 Å². The second kappa shape index (κ2) is 13.7. The van der Waals surface area contributed by atoms with E-state index >= 15 is 0 Å². The van der Waals surface area contributed by atoms with E-state index in [0.29, 0.717) is 13.0 Å². The van der Waals surface area contributed by atoms with Gasteiger partial charge < -0.3 is 9.84 Å². The van der Waals surface area contributed by atoms with Crippen molar-refractivity contribution >= 4 is 23.0 Å². The van der Waals surface area contributed by atoms with E-state index in [2.05, 4.69) is 0 Å². The Bertz CT molecular complexity index is 244. The Labute approximate surface area is 120 Å². The lowest BCUT2D eigenvalue weighted by molar-refractivity contribution is -0.137. The minimum Gasteiger partial charge on any atom is -0.481 e. The monoisotopic (exact) mass is 290 g/mol. The van der Waals surface area contributed by atoms with Gasteiger partial charge in [-0.1, -0.05) is 38.5 Å². The molecule has 0 saturated carbocycles. The quantitative estimate of drug-likeness (QED) is 0.424. The van der Waals surface area contributed by atoms with Crippen LogP contribution in [0.4, 0.5) is 4.79 Å². The van der Waals surface area contributed by atoms with Crippen molar-refractivity contribution in [3.8, 4) is 0 Å². The van der Waals surface area contributed by atoms with Crippen LogP contribution in [0.1, 0.15) is 64.7 Å². The molecule has 0 saturated heterocycles. The maximum atomic E-state index is 11.0. The van der Waals surface area contributed by atoms with Crippen LogP contribution in [0.25, 0.3) is 0 Å². The first kappa shape index (κ1) is 18.3. The normalized spacial score (nSPS) is 10.4. The van der Waals surface area contributed by atoms with Crippen molar-refractivity contribution in [1.29, 1.82) is 0 Å². The van der Waals surface area contributed by atoms with Gasteiger partial charge in [0.15, 0.2) is 0 Å². The van der Waals surface area contributed by atoms with Crippen molar-refractivity contribution in [2.45, 2.75) is 64.7 Å². The third-order valence-corrected chi connectivity index (χ3v) is 3.61. The molecule has 0 radical (unpaired) electrons. The molecule has 0 aromatic carbocycles. The van der Waals surface area contributed by atoms with E-state index in [9.17, 15) is 9.59 Å². The predicted octanol–water partition coefficient (Wildman–Crippen LogP) is 4.47. The summed E-state index contributed by atoms with van der Waals surface area (Å²) < 4.78 is 4.82. The van der Waals surface area contributed by atoms with E-state index in [-0.39, 0.29) is 5.30 Å². The van der Waals surface area contributed by atoms with Crippen molar-refractivity contribution in [2.24, 2.45) is 0 Å². The molecule has 19 heavy (non-hydrogen) atoms. The summed E-state index contributed by atoms with van der Waals surface area (Å²) in [6.45, 7) is 2.27. The SMILES string of the molecule is CCOC(=O)SCCCCCCCCCCC(=O)O. The van der Waals surface area contributed by atoms with Crippen LogP contribution in [0.3, 0.4) is 0 Å². The summed E-state index contributed by atoms with van der Waals surface area (Å²) in [5, 5.41) is 8.31. The van der Waals surface area contributed by atoms with Gasteiger partial charge in [-0.05, 0) is 31.5 Å². The topological polar surface area (TPSA) is 63.6 Å². The Kier molecular flexibility index (Phi) is 13.2. The van der Waals surface area contributed by atoms with Gasteiger partial charge >= 0.3 is 11.3 Å². The van der Waals surface area contributed by atoms with Crippen LogP contribution in [0.2, 0.25) is 0 Å². The first-order chi connectivity index (χ1) is 9.16. The van der Waals surface area contributed by atoms with Crippen LogP contribution in [-0.4, -0.2) is 28.7 Å². The van der Waals surface area contributed by atoms with Crippen LogP contribution < -0.4 is 0 Å². The highest BCUT2D eigenvalue weighted by Crippen LogP contribution is 2.13. The van der Waals surface area contributed by atoms with Gasteiger partial charge in [0.25, 0.3) is 0 Å². The van der Waals surface area contributed by atoms with Gasteiger partial charge in [-0.15, -0.1) is 0 Å². The van der Waals surface area contributed by atoms with Gasteiger partial charge in [-0.3, -0.25) is 4.79 Å². The number of rotatable bonds is 12. The highest BCUT2D eigenvalue weighted by molar-refractivity contribution is 8.13. The lowest BCUT2D eigenvalue weighted by Gasteiger charge is -2.02. The van der Waals surface area contributed by atoms with Gasteiger partial charge in [0.2, 0.25) is 0 Å². The molecule has 0 rings (SSSR count). The fraction of sp³-hybridized carbons (Fsp3) is 0.857. The third-order valence-electron chi connectivity index (χ3n) is 2.77. The van der Waals surface area contributed by atoms with E-state index < -0.39 is 5.97 Å². The standard InChI is InChI=1S/C14H26O4S/c1-2-18-14(17)19-12-10-8-6-4-3-5-7-9-11-13(15)16/h2-12H2,1H3,(H,15,16). The second-order valence-corrected chi connectivity index (χ2v) is 5.53. The van der Waals surface area contributed by atoms with Crippen LogP contribution in [0.15, 0.2) is 0 Å². The molecule has 112 valence electrons. The third kappa shape index (κ3) is 15.2. The highest BCUT2D eigenvalue weighted by Gasteiger charge is 2.01. The smallest absolute Gasteiger partial charge is 0.367 e. The minimum atomic E-state index is -0.695. The average molecular weight is 290 g/mol. The molecule has 0 heterocycles. The van der Waals surface area contributed by atoms with Crippen molar-refractivity contribution in [3.05, 3.63) is 0 Å². The van der Waals surface area contributed by atoms with E-state index in [1.54, 1.807) is 0 Å². The summed E-state index contributed by atoms with van der Waals surface area (Å²) in [7, 11) is 0. The summed E-state index contributed by atoms with van der Waals surface area (Å²) in [6, 6.07) is 0. The fourth-order valence-electron chi connectivity index (χ4n) is 1.75. The molecular formula is C14H26O4S. The lowest BCUT2D eigenvalue weighted by atomic mass is 10.1. The number of hydrogen-bond donors (Lipinski definition) is 1. The Balaban J connectivity index is 3.06. The number of carbonyl (C=O) groups is 2. The molecule has 0 bridgehead atoms. The number of hydrogen-bond acceptors (Lipinski definition) is 4. The fourth-order valence-corrected chi connectivity index (χ4v) is 2.47. The molecule has 0 fully saturated rings. The number of thioether (sulfide) groups is 1. The first-order valence-electron chi connectivity index (χ1n) is 7.18. The Morgan fingerprint density at radius 1 is 0.947 bits per heavy atom. The Morgan fingerprint density at radius 2 is 1.47 bits per heavy atom. The van der Waals surface area contributed by atoms with Crippen LogP contribution in [-0.2, 0) is 9.53 Å². The van der Waals surface area contributed by atoms with Crippen LogP contribution >= 0.6 is 11.8 Å². The molecule has 1 N–H and O–H groups in total. The van der Waals surface area contributed by atoms with Crippen molar-refractivity contribution < 1.29 is 19.4 Å². The van der Waals surface area contributed by atoms with Crippen LogP contribution in [0, 0.1) is 0 Å². The van der Waals surface area contributed by atoms with Crippen molar-refractivity contribution in [2.75, 3.05) is 12.4 Å². The zero-order valence-corrected chi connectivity index (χ0v) is 12.7. The van der Waals surface area contributed by atoms with Crippen LogP contribution in [0.5, 0.6) is 0 Å². The average Bonchev–Trinajstić information content (AvgIpc) is 2.36. The lowest BCUT2D eigenvalue weighted by Crippen LogP contribution is -1.97. The maximum Gasteiger partial charge on any atom is 0.367 e. The maximum absolute atomic E-state index is 11.0. The molecular weight excluding hydrogens is 264 g/mol.